The number of rotatable bonds is 0. The molecule has 5 nitrogen and oxygen atoms in total. The number of nitriles is 3. The van der Waals surface area contributed by atoms with Crippen molar-refractivity contribution in [1.82, 2.24) is 5.32 Å². The Balaban J connectivity index is 2.33. The van der Waals surface area contributed by atoms with Gasteiger partial charge in [-0.25, -0.2) is 0 Å². The highest BCUT2D eigenvalue weighted by Crippen LogP contribution is 2.47. The van der Waals surface area contributed by atoms with Crippen molar-refractivity contribution < 1.29 is 0 Å². The average Bonchev–Trinajstić information content (AvgIpc) is 2.95. The minimum absolute atomic E-state index is 0.0586. The topological polar surface area (TPSA) is 86.6 Å². The van der Waals surface area contributed by atoms with E-state index in [1.807, 2.05) is 42.3 Å². The van der Waals surface area contributed by atoms with Gasteiger partial charge in [0.1, 0.15) is 18.2 Å². The summed E-state index contributed by atoms with van der Waals surface area (Å²) in [5, 5.41) is 31.3. The molecular weight excluding hydrogens is 286 g/mol. The van der Waals surface area contributed by atoms with Crippen molar-refractivity contribution >= 4 is 5.69 Å². The van der Waals surface area contributed by atoms with Crippen LogP contribution in [-0.2, 0) is 5.41 Å². The molecule has 2 heterocycles. The third kappa shape index (κ3) is 1.83. The normalized spacial score (nSPS) is 20.6. The van der Waals surface area contributed by atoms with E-state index in [0.29, 0.717) is 11.3 Å². The molecule has 0 unspecified atom stereocenters. The molecule has 5 heteroatoms. The molecule has 2 aliphatic heterocycles. The van der Waals surface area contributed by atoms with E-state index in [1.54, 1.807) is 0 Å². The molecule has 1 aromatic rings. The van der Waals surface area contributed by atoms with Crippen LogP contribution in [0.5, 0.6) is 0 Å². The molecule has 0 spiro atoms. The van der Waals surface area contributed by atoms with E-state index in [-0.39, 0.29) is 17.0 Å². The summed E-state index contributed by atoms with van der Waals surface area (Å²) >= 11 is 0. The summed E-state index contributed by atoms with van der Waals surface area (Å²) in [4.78, 5) is 1.98. The van der Waals surface area contributed by atoms with Crippen molar-refractivity contribution in [2.24, 2.45) is 0 Å². The van der Waals surface area contributed by atoms with Crippen LogP contribution in [0.4, 0.5) is 5.69 Å². The van der Waals surface area contributed by atoms with Crippen molar-refractivity contribution in [2.45, 2.75) is 25.3 Å². The predicted molar refractivity (Wildman–Crippen MR) is 85.7 cm³/mol. The first kappa shape index (κ1) is 14.7. The Morgan fingerprint density at radius 2 is 1.83 bits per heavy atom. The maximum absolute atomic E-state index is 9.62. The molecule has 1 aromatic carbocycles. The molecule has 112 valence electrons. The van der Waals surface area contributed by atoms with Crippen LogP contribution in [0, 0.1) is 34.0 Å². The van der Waals surface area contributed by atoms with Gasteiger partial charge in [-0.15, -0.1) is 0 Å². The van der Waals surface area contributed by atoms with Crippen LogP contribution >= 0.6 is 0 Å². The molecule has 0 saturated carbocycles. The summed E-state index contributed by atoms with van der Waals surface area (Å²) in [6.07, 6.45) is 0. The van der Waals surface area contributed by atoms with Crippen molar-refractivity contribution in [3.63, 3.8) is 0 Å². The lowest BCUT2D eigenvalue weighted by Gasteiger charge is -2.44. The first-order chi connectivity index (χ1) is 11.0. The second-order valence-electron chi connectivity index (χ2n) is 6.22. The Bertz CT molecular complexity index is 867. The fourth-order valence-corrected chi connectivity index (χ4v) is 3.48. The Hall–Kier alpha value is -3.23. The fraction of sp³-hybridized carbons (Fsp3) is 0.278. The van der Waals surface area contributed by atoms with Gasteiger partial charge in [0.15, 0.2) is 5.57 Å². The molecule has 0 radical (unpaired) electrons. The van der Waals surface area contributed by atoms with Gasteiger partial charge in [-0.3, -0.25) is 0 Å². The quantitative estimate of drug-likeness (QED) is 0.744. The van der Waals surface area contributed by atoms with Gasteiger partial charge in [-0.1, -0.05) is 32.0 Å². The van der Waals surface area contributed by atoms with Gasteiger partial charge in [-0.2, -0.15) is 15.8 Å². The molecule has 1 N–H and O–H groups in total. The summed E-state index contributed by atoms with van der Waals surface area (Å²) in [5.74, 6) is 0. The maximum atomic E-state index is 9.62. The Morgan fingerprint density at radius 3 is 2.43 bits per heavy atom. The number of benzene rings is 1. The molecule has 0 bridgehead atoms. The van der Waals surface area contributed by atoms with E-state index in [1.165, 1.54) is 0 Å². The minimum Gasteiger partial charge on any atom is -0.373 e. The van der Waals surface area contributed by atoms with Gasteiger partial charge in [0.25, 0.3) is 0 Å². The summed E-state index contributed by atoms with van der Waals surface area (Å²) in [5.41, 5.74) is 3.39. The van der Waals surface area contributed by atoms with Crippen LogP contribution in [0.25, 0.3) is 0 Å². The number of nitrogens with zero attached hydrogens (tertiary/aromatic N) is 4. The Labute approximate surface area is 135 Å². The summed E-state index contributed by atoms with van der Waals surface area (Å²) in [6.45, 7) is 4.21. The first-order valence-electron chi connectivity index (χ1n) is 7.26. The van der Waals surface area contributed by atoms with Gasteiger partial charge in [0.05, 0.1) is 23.0 Å². The number of fused-ring (bicyclic) bond motifs is 2. The largest absolute Gasteiger partial charge is 0.373 e. The lowest BCUT2D eigenvalue weighted by molar-refractivity contribution is 0.400. The monoisotopic (exact) mass is 301 g/mol. The zero-order valence-corrected chi connectivity index (χ0v) is 13.2. The van der Waals surface area contributed by atoms with Crippen molar-refractivity contribution in [3.8, 4) is 18.2 Å². The number of hydrogen-bond acceptors (Lipinski definition) is 5. The molecular formula is C18H15N5. The second-order valence-corrected chi connectivity index (χ2v) is 6.22. The molecule has 1 atom stereocenters. The standard InChI is InChI=1S/C18H15N5/c1-18(2)13-6-4-5-7-14(13)23(3)16-12(10-21)15(22-17(16)18)11(8-19)9-20/h4-7,17,22H,1-3H3/t17-/m0/s1. The molecule has 0 amide bonds. The number of hydrogen-bond donors (Lipinski definition) is 1. The average molecular weight is 301 g/mol. The number of anilines is 1. The number of nitrogens with one attached hydrogen (secondary N) is 1. The van der Waals surface area contributed by atoms with Crippen LogP contribution in [0.2, 0.25) is 0 Å². The molecule has 23 heavy (non-hydrogen) atoms. The van der Waals surface area contributed by atoms with Gasteiger partial charge in [0.2, 0.25) is 0 Å². The van der Waals surface area contributed by atoms with Crippen molar-refractivity contribution in [1.29, 1.82) is 15.8 Å². The molecule has 0 aliphatic carbocycles. The number of allylic oxidation sites excluding steroid dienone is 2. The summed E-state index contributed by atoms with van der Waals surface area (Å²) in [6, 6.07) is 13.8. The van der Waals surface area contributed by atoms with Gasteiger partial charge in [-0.05, 0) is 11.6 Å². The van der Waals surface area contributed by atoms with Crippen LogP contribution in [0.3, 0.4) is 0 Å². The predicted octanol–water partition coefficient (Wildman–Crippen LogP) is 2.46. The van der Waals surface area contributed by atoms with Crippen LogP contribution in [0.15, 0.2) is 46.8 Å². The SMILES string of the molecule is CN1C2=C(C#N)C(=C(C#N)C#N)N[C@@H]2C(C)(C)c2ccccc21. The summed E-state index contributed by atoms with van der Waals surface area (Å²) < 4.78 is 0. The van der Waals surface area contributed by atoms with Crippen LogP contribution in [-0.4, -0.2) is 13.1 Å². The van der Waals surface area contributed by atoms with E-state index < -0.39 is 0 Å². The second kappa shape index (κ2) is 4.90. The van der Waals surface area contributed by atoms with Crippen molar-refractivity contribution in [2.75, 3.05) is 11.9 Å². The fourth-order valence-electron chi connectivity index (χ4n) is 3.48. The highest BCUT2D eigenvalue weighted by Gasteiger charge is 2.48. The number of likely N-dealkylation sites (N-methyl/N-ethyl adjacent to an activating group) is 1. The smallest absolute Gasteiger partial charge is 0.154 e. The molecule has 0 saturated heterocycles. The molecule has 3 rings (SSSR count). The van der Waals surface area contributed by atoms with E-state index in [9.17, 15) is 15.8 Å². The molecule has 0 aromatic heterocycles. The van der Waals surface area contributed by atoms with E-state index in [2.05, 4.69) is 31.3 Å². The zero-order valence-electron chi connectivity index (χ0n) is 13.2. The lowest BCUT2D eigenvalue weighted by atomic mass is 9.73. The number of para-hydroxylation sites is 1. The Kier molecular flexibility index (Phi) is 3.13. The van der Waals surface area contributed by atoms with Crippen LogP contribution < -0.4 is 10.2 Å². The highest BCUT2D eigenvalue weighted by molar-refractivity contribution is 5.72. The Morgan fingerprint density at radius 1 is 1.17 bits per heavy atom. The molecule has 0 fully saturated rings. The lowest BCUT2D eigenvalue weighted by Crippen LogP contribution is -2.50. The third-order valence-corrected chi connectivity index (χ3v) is 4.70. The zero-order chi connectivity index (χ0) is 16.8. The van der Waals surface area contributed by atoms with Crippen LogP contribution in [0.1, 0.15) is 19.4 Å². The third-order valence-electron chi connectivity index (χ3n) is 4.70. The first-order valence-corrected chi connectivity index (χ1v) is 7.26. The molecule has 2 aliphatic rings. The van der Waals surface area contributed by atoms with E-state index >= 15 is 0 Å². The van der Waals surface area contributed by atoms with Gasteiger partial charge >= 0.3 is 0 Å². The van der Waals surface area contributed by atoms with Gasteiger partial charge < -0.3 is 10.2 Å². The highest BCUT2D eigenvalue weighted by atomic mass is 15.2. The summed E-state index contributed by atoms with van der Waals surface area (Å²) in [7, 11) is 1.91. The minimum atomic E-state index is -0.279. The van der Waals surface area contributed by atoms with Crippen molar-refractivity contribution in [3.05, 3.63) is 52.4 Å². The van der Waals surface area contributed by atoms with E-state index in [4.69, 9.17) is 0 Å². The maximum Gasteiger partial charge on any atom is 0.154 e. The van der Waals surface area contributed by atoms with Gasteiger partial charge in [0, 0.05) is 18.2 Å². The van der Waals surface area contributed by atoms with E-state index in [0.717, 1.165) is 16.9 Å².